The molecule has 0 bridgehead atoms. The molecular weight excluding hydrogens is 308 g/mol. The second kappa shape index (κ2) is 6.21. The Hall–Kier alpha value is -3.06. The number of amides is 2. The van der Waals surface area contributed by atoms with Crippen molar-refractivity contribution in [3.8, 4) is 12.1 Å². The molecule has 122 valence electrons. The highest BCUT2D eigenvalue weighted by Crippen LogP contribution is 2.47. The molecule has 0 aromatic heterocycles. The van der Waals surface area contributed by atoms with Gasteiger partial charge in [0.2, 0.25) is 5.91 Å². The molecule has 2 amide bonds. The number of cyclic esters (lactones) is 1. The predicted molar refractivity (Wildman–Crippen MR) is 83.8 cm³/mol. The van der Waals surface area contributed by atoms with Gasteiger partial charge in [-0.2, -0.15) is 10.5 Å². The highest BCUT2D eigenvalue weighted by Gasteiger charge is 2.44. The molecule has 1 saturated heterocycles. The fourth-order valence-electron chi connectivity index (χ4n) is 2.75. The minimum absolute atomic E-state index is 0.179. The van der Waals surface area contributed by atoms with Crippen LogP contribution in [0.15, 0.2) is 24.3 Å². The van der Waals surface area contributed by atoms with E-state index in [0.717, 1.165) is 18.4 Å². The lowest BCUT2D eigenvalue weighted by Crippen LogP contribution is -2.34. The van der Waals surface area contributed by atoms with E-state index in [9.17, 15) is 14.9 Å². The topological polar surface area (TPSA) is 106 Å². The van der Waals surface area contributed by atoms with Gasteiger partial charge in [0, 0.05) is 5.69 Å². The van der Waals surface area contributed by atoms with E-state index in [1.165, 1.54) is 4.90 Å². The zero-order valence-corrected chi connectivity index (χ0v) is 13.0. The summed E-state index contributed by atoms with van der Waals surface area (Å²) in [7, 11) is 0. The lowest BCUT2D eigenvalue weighted by molar-refractivity contribution is -0.120. The number of nitrogens with zero attached hydrogens (tertiary/aromatic N) is 3. The maximum Gasteiger partial charge on any atom is 0.414 e. The first-order chi connectivity index (χ1) is 11.6. The molecule has 0 unspecified atom stereocenters. The molecule has 3 rings (SSSR count). The quantitative estimate of drug-likeness (QED) is 0.885. The molecule has 1 aliphatic carbocycles. The molecule has 7 heteroatoms. The SMILES string of the molecule is N#CCC(=O)NC[C@H]1CN(c2ccc(C3(C#N)CC3)cc2)C(=O)O1. The molecule has 24 heavy (non-hydrogen) atoms. The Kier molecular flexibility index (Phi) is 4.09. The molecule has 0 radical (unpaired) electrons. The molecule has 1 N–H and O–H groups in total. The van der Waals surface area contributed by atoms with Gasteiger partial charge in [0.1, 0.15) is 12.5 Å². The van der Waals surface area contributed by atoms with Gasteiger partial charge in [-0.3, -0.25) is 9.69 Å². The zero-order valence-electron chi connectivity index (χ0n) is 13.0. The van der Waals surface area contributed by atoms with Gasteiger partial charge < -0.3 is 10.1 Å². The van der Waals surface area contributed by atoms with Crippen molar-refractivity contribution in [2.24, 2.45) is 0 Å². The van der Waals surface area contributed by atoms with E-state index in [-0.39, 0.29) is 24.3 Å². The Morgan fingerprint density at radius 1 is 1.33 bits per heavy atom. The summed E-state index contributed by atoms with van der Waals surface area (Å²) in [5.74, 6) is -0.386. The summed E-state index contributed by atoms with van der Waals surface area (Å²) in [6.07, 6.45) is 0.613. The van der Waals surface area contributed by atoms with E-state index in [0.29, 0.717) is 12.2 Å². The van der Waals surface area contributed by atoms with Gasteiger partial charge in [-0.1, -0.05) is 12.1 Å². The first-order valence-electron chi connectivity index (χ1n) is 7.71. The van der Waals surface area contributed by atoms with E-state index in [1.54, 1.807) is 6.07 Å². The van der Waals surface area contributed by atoms with E-state index in [2.05, 4.69) is 11.4 Å². The number of ether oxygens (including phenoxy) is 1. The summed E-state index contributed by atoms with van der Waals surface area (Å²) in [4.78, 5) is 24.8. The van der Waals surface area contributed by atoms with Gasteiger partial charge in [-0.15, -0.1) is 0 Å². The average Bonchev–Trinajstić information content (AvgIpc) is 3.30. The Morgan fingerprint density at radius 3 is 2.62 bits per heavy atom. The van der Waals surface area contributed by atoms with E-state index in [1.807, 2.05) is 24.3 Å². The molecule has 2 aliphatic rings. The first-order valence-corrected chi connectivity index (χ1v) is 7.71. The van der Waals surface area contributed by atoms with Gasteiger partial charge in [0.25, 0.3) is 0 Å². The van der Waals surface area contributed by atoms with Crippen LogP contribution in [0.3, 0.4) is 0 Å². The molecule has 1 heterocycles. The summed E-state index contributed by atoms with van der Waals surface area (Å²) < 4.78 is 5.22. The monoisotopic (exact) mass is 324 g/mol. The normalized spacial score (nSPS) is 20.7. The second-order valence-electron chi connectivity index (χ2n) is 6.00. The number of nitrogens with one attached hydrogen (secondary N) is 1. The number of nitriles is 2. The van der Waals surface area contributed by atoms with Crippen LogP contribution in [-0.2, 0) is 14.9 Å². The van der Waals surface area contributed by atoms with Crippen LogP contribution in [0.1, 0.15) is 24.8 Å². The maximum absolute atomic E-state index is 12.0. The van der Waals surface area contributed by atoms with Crippen LogP contribution in [0.2, 0.25) is 0 Å². The first kappa shape index (κ1) is 15.8. The minimum Gasteiger partial charge on any atom is -0.442 e. The van der Waals surface area contributed by atoms with Gasteiger partial charge in [0.05, 0.1) is 30.6 Å². The van der Waals surface area contributed by atoms with Gasteiger partial charge >= 0.3 is 6.09 Å². The van der Waals surface area contributed by atoms with E-state index in [4.69, 9.17) is 10.00 Å². The van der Waals surface area contributed by atoms with Crippen molar-refractivity contribution in [2.75, 3.05) is 18.0 Å². The standard InChI is InChI=1S/C17H16N4O3/c18-8-5-15(22)20-9-14-10-21(16(23)24-14)13-3-1-12(2-4-13)17(11-19)6-7-17/h1-4,14H,5-7,9-10H2,(H,20,22)/t14-/m0/s1. The fourth-order valence-corrected chi connectivity index (χ4v) is 2.75. The van der Waals surface area contributed by atoms with Crippen LogP contribution in [0, 0.1) is 22.7 Å². The van der Waals surface area contributed by atoms with Crippen molar-refractivity contribution in [3.63, 3.8) is 0 Å². The minimum atomic E-state index is -0.469. The summed E-state index contributed by atoms with van der Waals surface area (Å²) in [6, 6.07) is 11.5. The zero-order chi connectivity index (χ0) is 17.2. The molecule has 1 aromatic rings. The van der Waals surface area contributed by atoms with Crippen LogP contribution in [-0.4, -0.2) is 31.2 Å². The van der Waals surface area contributed by atoms with Gasteiger partial charge in [-0.05, 0) is 30.5 Å². The number of carbonyl (C=O) groups excluding carboxylic acids is 2. The molecule has 1 saturated carbocycles. The Bertz CT molecular complexity index is 741. The third-order valence-electron chi connectivity index (χ3n) is 4.34. The molecule has 0 spiro atoms. The van der Waals surface area contributed by atoms with Crippen LogP contribution in [0.25, 0.3) is 0 Å². The van der Waals surface area contributed by atoms with Crippen LogP contribution in [0.5, 0.6) is 0 Å². The number of benzene rings is 1. The number of rotatable bonds is 5. The summed E-state index contributed by atoms with van der Waals surface area (Å²) >= 11 is 0. The number of hydrogen-bond acceptors (Lipinski definition) is 5. The van der Waals surface area contributed by atoms with Crippen molar-refractivity contribution in [1.29, 1.82) is 10.5 Å². The molecule has 1 aromatic carbocycles. The van der Waals surface area contributed by atoms with Crippen LogP contribution < -0.4 is 10.2 Å². The van der Waals surface area contributed by atoms with Crippen LogP contribution >= 0.6 is 0 Å². The van der Waals surface area contributed by atoms with Crippen molar-refractivity contribution in [3.05, 3.63) is 29.8 Å². The van der Waals surface area contributed by atoms with Crippen molar-refractivity contribution >= 4 is 17.7 Å². The molecule has 7 nitrogen and oxygen atoms in total. The summed E-state index contributed by atoms with van der Waals surface area (Å²) in [6.45, 7) is 0.507. The molecule has 1 aliphatic heterocycles. The largest absolute Gasteiger partial charge is 0.442 e. The maximum atomic E-state index is 12.0. The number of hydrogen-bond donors (Lipinski definition) is 1. The van der Waals surface area contributed by atoms with Crippen molar-refractivity contribution < 1.29 is 14.3 Å². The van der Waals surface area contributed by atoms with Gasteiger partial charge in [-0.25, -0.2) is 4.79 Å². The van der Waals surface area contributed by atoms with Gasteiger partial charge in [0.15, 0.2) is 0 Å². The highest BCUT2D eigenvalue weighted by molar-refractivity contribution is 5.90. The van der Waals surface area contributed by atoms with E-state index >= 15 is 0 Å². The molecule has 2 fully saturated rings. The van der Waals surface area contributed by atoms with Crippen LogP contribution in [0.4, 0.5) is 10.5 Å². The van der Waals surface area contributed by atoms with E-state index < -0.39 is 12.2 Å². The average molecular weight is 324 g/mol. The predicted octanol–water partition coefficient (Wildman–Crippen LogP) is 1.60. The third-order valence-corrected chi connectivity index (χ3v) is 4.34. The van der Waals surface area contributed by atoms with Crippen molar-refractivity contribution in [1.82, 2.24) is 5.32 Å². The Balaban J connectivity index is 1.61. The number of carbonyl (C=O) groups is 2. The Morgan fingerprint density at radius 2 is 2.04 bits per heavy atom. The second-order valence-corrected chi connectivity index (χ2v) is 6.00. The Labute approximate surface area is 139 Å². The molecule has 1 atom stereocenters. The molecular formula is C17H16N4O3. The smallest absolute Gasteiger partial charge is 0.414 e. The highest BCUT2D eigenvalue weighted by atomic mass is 16.6. The summed E-state index contributed by atoms with van der Waals surface area (Å²) in [5.41, 5.74) is 1.32. The third kappa shape index (κ3) is 3.02. The van der Waals surface area contributed by atoms with Crippen molar-refractivity contribution in [2.45, 2.75) is 30.8 Å². The number of anilines is 1. The fraction of sp³-hybridized carbons (Fsp3) is 0.412. The summed E-state index contributed by atoms with van der Waals surface area (Å²) in [5, 5.41) is 20.2. The lowest BCUT2D eigenvalue weighted by atomic mass is 9.97. The lowest BCUT2D eigenvalue weighted by Gasteiger charge is -2.14.